The maximum atomic E-state index is 13.9. The Bertz CT molecular complexity index is 756. The van der Waals surface area contributed by atoms with Crippen molar-refractivity contribution in [3.63, 3.8) is 0 Å². The summed E-state index contributed by atoms with van der Waals surface area (Å²) < 4.78 is 15.8. The Morgan fingerprint density at radius 2 is 1.52 bits per heavy atom. The summed E-state index contributed by atoms with van der Waals surface area (Å²) in [7, 11) is -5.75. The van der Waals surface area contributed by atoms with Crippen molar-refractivity contribution in [2.45, 2.75) is 136 Å². The van der Waals surface area contributed by atoms with Gasteiger partial charge < -0.3 is 13.4 Å². The normalized spacial score (nSPS) is 26.6. The molecule has 0 spiro atoms. The number of hydrogen-bond donors (Lipinski definition) is 0. The molecule has 1 unspecified atom stereocenters. The molecule has 0 radical (unpaired) electrons. The van der Waals surface area contributed by atoms with Crippen LogP contribution in [-0.2, 0) is 13.6 Å². The number of β-lactam (4-membered cyclic amide) rings is 1. The second-order valence-corrected chi connectivity index (χ2v) is 28.8. The maximum Gasteiger partial charge on any atom is 0.241 e. The Morgan fingerprint density at radius 3 is 1.97 bits per heavy atom. The Morgan fingerprint density at radius 1 is 0.970 bits per heavy atom. The van der Waals surface area contributed by atoms with Crippen LogP contribution in [0.15, 0.2) is 11.8 Å². The van der Waals surface area contributed by atoms with E-state index in [2.05, 4.69) is 105 Å². The summed E-state index contributed by atoms with van der Waals surface area (Å²) in [4.78, 5) is 13.9. The van der Waals surface area contributed by atoms with E-state index in [9.17, 15) is 4.79 Å². The van der Waals surface area contributed by atoms with Gasteiger partial charge in [-0.25, -0.2) is 0 Å². The standard InChI is InChI=1S/C26H53NO3Si3/c1-19(29-33(13,14)26(5,6)7)22-23(27(24(22)28)32(11,12)25(2,3)4)20-17-15-16-18-21(20)30-31(8,9)10/h18-20,22-23H,15-17H2,1-14H3/t19-,20?,22-,23-/m1/s1. The molecule has 1 amide bonds. The van der Waals surface area contributed by atoms with E-state index in [0.29, 0.717) is 5.91 Å². The quantitative estimate of drug-likeness (QED) is 0.259. The summed E-state index contributed by atoms with van der Waals surface area (Å²) in [6.45, 7) is 32.0. The molecule has 4 atom stereocenters. The van der Waals surface area contributed by atoms with Crippen LogP contribution in [0.3, 0.4) is 0 Å². The second kappa shape index (κ2) is 9.25. The number of carbonyl (C=O) groups is 1. The van der Waals surface area contributed by atoms with E-state index in [-0.39, 0.29) is 34.1 Å². The minimum atomic E-state index is -2.03. The Hall–Kier alpha value is -0.379. The van der Waals surface area contributed by atoms with Crippen molar-refractivity contribution in [2.75, 3.05) is 0 Å². The number of carbonyl (C=O) groups excluding carboxylic acids is 1. The van der Waals surface area contributed by atoms with Crippen LogP contribution in [0.4, 0.5) is 0 Å². The van der Waals surface area contributed by atoms with Crippen molar-refractivity contribution in [2.24, 2.45) is 11.8 Å². The first-order chi connectivity index (χ1) is 14.6. The highest BCUT2D eigenvalue weighted by molar-refractivity contribution is 6.80. The fourth-order valence-electron chi connectivity index (χ4n) is 4.85. The molecular formula is C26H53NO3Si3. The van der Waals surface area contributed by atoms with Gasteiger partial charge in [-0.15, -0.1) is 0 Å². The molecule has 4 nitrogen and oxygen atoms in total. The zero-order chi connectivity index (χ0) is 25.8. The lowest BCUT2D eigenvalue weighted by atomic mass is 9.74. The van der Waals surface area contributed by atoms with E-state index in [1.807, 2.05) is 0 Å². The van der Waals surface area contributed by atoms with Crippen LogP contribution in [0.2, 0.25) is 55.9 Å². The number of allylic oxidation sites excluding steroid dienone is 1. The molecule has 2 rings (SSSR count). The number of nitrogens with zero attached hydrogens (tertiary/aromatic N) is 1. The highest BCUT2D eigenvalue weighted by atomic mass is 28.4. The predicted octanol–water partition coefficient (Wildman–Crippen LogP) is 7.76. The zero-order valence-corrected chi connectivity index (χ0v) is 27.2. The van der Waals surface area contributed by atoms with Gasteiger partial charge in [0.1, 0.15) is 0 Å². The molecule has 0 N–H and O–H groups in total. The zero-order valence-electron chi connectivity index (χ0n) is 24.2. The number of amides is 1. The van der Waals surface area contributed by atoms with E-state index in [1.54, 1.807) is 0 Å². The van der Waals surface area contributed by atoms with Crippen LogP contribution < -0.4 is 0 Å². The molecule has 0 aromatic heterocycles. The number of hydrogen-bond acceptors (Lipinski definition) is 3. The van der Waals surface area contributed by atoms with Crippen molar-refractivity contribution < 1.29 is 13.6 Å². The molecule has 0 aromatic rings. The van der Waals surface area contributed by atoms with Gasteiger partial charge in [-0.1, -0.05) is 54.6 Å². The Balaban J connectivity index is 2.49. The highest BCUT2D eigenvalue weighted by Gasteiger charge is 2.62. The van der Waals surface area contributed by atoms with Gasteiger partial charge in [0.05, 0.1) is 17.8 Å². The molecule has 0 bridgehead atoms. The summed E-state index contributed by atoms with van der Waals surface area (Å²) >= 11 is 0. The molecule has 1 aliphatic heterocycles. The SMILES string of the molecule is C[C@@H](O[Si](C)(C)C(C)(C)C)[C@H]1C(=O)N([Si](C)(C)C(C)(C)C)[C@@H]1C1CCCC=C1O[Si](C)(C)C. The van der Waals surface area contributed by atoms with Gasteiger partial charge in [-0.2, -0.15) is 0 Å². The van der Waals surface area contributed by atoms with Crippen LogP contribution in [0.1, 0.15) is 67.7 Å². The third kappa shape index (κ3) is 5.89. The molecule has 2 aliphatic rings. The van der Waals surface area contributed by atoms with Gasteiger partial charge in [0.15, 0.2) is 16.6 Å². The molecule has 1 aliphatic carbocycles. The van der Waals surface area contributed by atoms with Crippen LogP contribution in [0.25, 0.3) is 0 Å². The van der Waals surface area contributed by atoms with Gasteiger partial charge in [0, 0.05) is 12.0 Å². The van der Waals surface area contributed by atoms with Gasteiger partial charge in [0.25, 0.3) is 0 Å². The van der Waals surface area contributed by atoms with Gasteiger partial charge in [-0.3, -0.25) is 4.79 Å². The number of rotatable bonds is 7. The summed E-state index contributed by atoms with van der Waals surface area (Å²) in [6.07, 6.45) is 5.61. The summed E-state index contributed by atoms with van der Waals surface area (Å²) in [5, 5.41) is 0.229. The Kier molecular flexibility index (Phi) is 8.09. The molecule has 192 valence electrons. The Labute approximate surface area is 208 Å². The van der Waals surface area contributed by atoms with Crippen molar-refractivity contribution in [1.82, 2.24) is 4.57 Å². The fourth-order valence-corrected chi connectivity index (χ4v) is 9.73. The van der Waals surface area contributed by atoms with Crippen LogP contribution in [0, 0.1) is 11.8 Å². The van der Waals surface area contributed by atoms with Crippen molar-refractivity contribution in [3.8, 4) is 0 Å². The summed E-state index contributed by atoms with van der Waals surface area (Å²) in [5.41, 5.74) is 0. The third-order valence-electron chi connectivity index (χ3n) is 8.69. The van der Waals surface area contributed by atoms with E-state index in [4.69, 9.17) is 8.85 Å². The first kappa shape index (κ1) is 28.9. The molecule has 0 aromatic carbocycles. The molecule has 0 saturated carbocycles. The summed E-state index contributed by atoms with van der Waals surface area (Å²) in [6, 6.07) is 0.182. The van der Waals surface area contributed by atoms with Crippen molar-refractivity contribution >= 4 is 30.8 Å². The lowest BCUT2D eigenvalue weighted by Crippen LogP contribution is -2.76. The molecular weight excluding hydrogens is 459 g/mol. The highest BCUT2D eigenvalue weighted by Crippen LogP contribution is 2.51. The first-order valence-corrected chi connectivity index (χ1v) is 22.3. The van der Waals surface area contributed by atoms with Gasteiger partial charge >= 0.3 is 0 Å². The third-order valence-corrected chi connectivity index (χ3v) is 19.5. The lowest BCUT2D eigenvalue weighted by molar-refractivity contribution is -0.158. The first-order valence-electron chi connectivity index (χ1n) is 13.0. The molecule has 1 fully saturated rings. The maximum absolute atomic E-state index is 13.9. The average Bonchev–Trinajstić information content (AvgIpc) is 2.56. The van der Waals surface area contributed by atoms with Crippen molar-refractivity contribution in [3.05, 3.63) is 11.8 Å². The second-order valence-electron chi connectivity index (χ2n) is 14.5. The minimum Gasteiger partial charge on any atom is -0.547 e. The molecule has 1 heterocycles. The van der Waals surface area contributed by atoms with E-state index < -0.39 is 24.9 Å². The van der Waals surface area contributed by atoms with E-state index in [0.717, 1.165) is 18.6 Å². The van der Waals surface area contributed by atoms with E-state index in [1.165, 1.54) is 6.42 Å². The largest absolute Gasteiger partial charge is 0.547 e. The fraction of sp³-hybridized carbons (Fsp3) is 0.885. The van der Waals surface area contributed by atoms with Crippen LogP contribution in [-0.4, -0.2) is 47.5 Å². The topological polar surface area (TPSA) is 38.8 Å². The van der Waals surface area contributed by atoms with E-state index >= 15 is 0 Å². The molecule has 1 saturated heterocycles. The molecule has 7 heteroatoms. The van der Waals surface area contributed by atoms with Gasteiger partial charge in [-0.05, 0) is 75.1 Å². The van der Waals surface area contributed by atoms with Crippen molar-refractivity contribution in [1.29, 1.82) is 0 Å². The monoisotopic (exact) mass is 511 g/mol. The lowest BCUT2D eigenvalue weighted by Gasteiger charge is -2.62. The van der Waals surface area contributed by atoms with Gasteiger partial charge in [0.2, 0.25) is 14.2 Å². The molecule has 33 heavy (non-hydrogen) atoms. The van der Waals surface area contributed by atoms with Crippen LogP contribution >= 0.6 is 0 Å². The summed E-state index contributed by atoms with van der Waals surface area (Å²) in [5.74, 6) is 1.68. The minimum absolute atomic E-state index is 0.0699. The smallest absolute Gasteiger partial charge is 0.241 e. The van der Waals surface area contributed by atoms with Crippen LogP contribution in [0.5, 0.6) is 0 Å². The predicted molar refractivity (Wildman–Crippen MR) is 149 cm³/mol. The average molecular weight is 512 g/mol.